The normalized spacial score (nSPS) is 10.4. The predicted octanol–water partition coefficient (Wildman–Crippen LogP) is 3.19. The first-order chi connectivity index (χ1) is 8.07. The van der Waals surface area contributed by atoms with E-state index in [1.54, 1.807) is 0 Å². The van der Waals surface area contributed by atoms with Crippen molar-refractivity contribution in [2.45, 2.75) is 33.1 Å². The molecule has 0 saturated heterocycles. The van der Waals surface area contributed by atoms with Crippen LogP contribution in [-0.2, 0) is 0 Å². The Kier molecular flexibility index (Phi) is 5.07. The van der Waals surface area contributed by atoms with Crippen LogP contribution in [0.25, 0.3) is 0 Å². The summed E-state index contributed by atoms with van der Waals surface area (Å²) in [5, 5.41) is 2.52. The van der Waals surface area contributed by atoms with Crippen molar-refractivity contribution in [3.63, 3.8) is 0 Å². The van der Waals surface area contributed by atoms with Gasteiger partial charge in [0.25, 0.3) is 5.91 Å². The van der Waals surface area contributed by atoms with Crippen LogP contribution >= 0.6 is 0 Å². The standard InChI is InChI=1S/C13H17F2NO/c1-3-4-5-8-16-13(17)11-10(14)7-6-9(2)12(11)15/h6-7H,3-5,8H2,1-2H3,(H,16,17). The van der Waals surface area contributed by atoms with E-state index in [9.17, 15) is 13.6 Å². The third-order valence-corrected chi connectivity index (χ3v) is 2.58. The van der Waals surface area contributed by atoms with Gasteiger partial charge in [0.05, 0.1) is 0 Å². The van der Waals surface area contributed by atoms with Crippen molar-refractivity contribution in [2.24, 2.45) is 0 Å². The van der Waals surface area contributed by atoms with Crippen LogP contribution in [0.2, 0.25) is 0 Å². The van der Waals surface area contributed by atoms with Crippen LogP contribution in [0.1, 0.15) is 42.1 Å². The largest absolute Gasteiger partial charge is 0.352 e. The summed E-state index contributed by atoms with van der Waals surface area (Å²) in [7, 11) is 0. The highest BCUT2D eigenvalue weighted by Crippen LogP contribution is 2.16. The highest BCUT2D eigenvalue weighted by molar-refractivity contribution is 5.94. The van der Waals surface area contributed by atoms with Gasteiger partial charge < -0.3 is 5.32 Å². The van der Waals surface area contributed by atoms with Gasteiger partial charge in [-0.05, 0) is 25.0 Å². The average molecular weight is 241 g/mol. The van der Waals surface area contributed by atoms with Crippen molar-refractivity contribution < 1.29 is 13.6 Å². The summed E-state index contributed by atoms with van der Waals surface area (Å²) < 4.78 is 26.9. The van der Waals surface area contributed by atoms with Crippen LogP contribution in [0, 0.1) is 18.6 Å². The van der Waals surface area contributed by atoms with Gasteiger partial charge in [-0.2, -0.15) is 0 Å². The van der Waals surface area contributed by atoms with Gasteiger partial charge in [0.2, 0.25) is 0 Å². The molecule has 2 nitrogen and oxygen atoms in total. The van der Waals surface area contributed by atoms with E-state index in [1.165, 1.54) is 13.0 Å². The smallest absolute Gasteiger partial charge is 0.257 e. The number of amides is 1. The van der Waals surface area contributed by atoms with E-state index >= 15 is 0 Å². The summed E-state index contributed by atoms with van der Waals surface area (Å²) in [6, 6.07) is 2.43. The Morgan fingerprint density at radius 1 is 1.29 bits per heavy atom. The summed E-state index contributed by atoms with van der Waals surface area (Å²) in [5.41, 5.74) is -0.216. The molecule has 0 radical (unpaired) electrons. The van der Waals surface area contributed by atoms with Crippen LogP contribution in [0.4, 0.5) is 8.78 Å². The summed E-state index contributed by atoms with van der Waals surface area (Å²) >= 11 is 0. The number of unbranched alkanes of at least 4 members (excludes halogenated alkanes) is 2. The van der Waals surface area contributed by atoms with E-state index in [0.717, 1.165) is 25.3 Å². The van der Waals surface area contributed by atoms with E-state index in [2.05, 4.69) is 5.32 Å². The molecule has 0 unspecified atom stereocenters. The molecule has 0 spiro atoms. The Labute approximate surface area is 100 Å². The van der Waals surface area contributed by atoms with Gasteiger partial charge in [0.15, 0.2) is 0 Å². The zero-order valence-electron chi connectivity index (χ0n) is 10.1. The maximum atomic E-state index is 13.6. The van der Waals surface area contributed by atoms with Crippen molar-refractivity contribution in [3.05, 3.63) is 34.9 Å². The quantitative estimate of drug-likeness (QED) is 0.788. The van der Waals surface area contributed by atoms with E-state index in [0.29, 0.717) is 6.54 Å². The minimum Gasteiger partial charge on any atom is -0.352 e. The fourth-order valence-electron chi connectivity index (χ4n) is 1.53. The molecule has 0 bridgehead atoms. The van der Waals surface area contributed by atoms with Crippen LogP contribution in [0.3, 0.4) is 0 Å². The van der Waals surface area contributed by atoms with E-state index in [-0.39, 0.29) is 5.56 Å². The first-order valence-electron chi connectivity index (χ1n) is 5.80. The second-order valence-corrected chi connectivity index (χ2v) is 4.02. The molecule has 1 amide bonds. The highest BCUT2D eigenvalue weighted by Gasteiger charge is 2.18. The first-order valence-corrected chi connectivity index (χ1v) is 5.80. The molecule has 0 aliphatic rings. The maximum absolute atomic E-state index is 13.6. The molecule has 0 heterocycles. The summed E-state index contributed by atoms with van der Waals surface area (Å²) in [5.74, 6) is -2.28. The van der Waals surface area contributed by atoms with E-state index in [4.69, 9.17) is 0 Å². The number of aryl methyl sites for hydroxylation is 1. The van der Waals surface area contributed by atoms with Gasteiger partial charge in [-0.1, -0.05) is 25.8 Å². The Morgan fingerprint density at radius 3 is 2.65 bits per heavy atom. The molecular formula is C13H17F2NO. The zero-order chi connectivity index (χ0) is 12.8. The van der Waals surface area contributed by atoms with Gasteiger partial charge in [0, 0.05) is 6.54 Å². The number of hydrogen-bond donors (Lipinski definition) is 1. The third kappa shape index (κ3) is 3.51. The number of carbonyl (C=O) groups excluding carboxylic acids is 1. The number of halogens is 2. The van der Waals surface area contributed by atoms with Gasteiger partial charge >= 0.3 is 0 Å². The maximum Gasteiger partial charge on any atom is 0.257 e. The second-order valence-electron chi connectivity index (χ2n) is 4.02. The fraction of sp³-hybridized carbons (Fsp3) is 0.462. The van der Waals surface area contributed by atoms with Gasteiger partial charge in [-0.25, -0.2) is 8.78 Å². The fourth-order valence-corrected chi connectivity index (χ4v) is 1.53. The lowest BCUT2D eigenvalue weighted by Gasteiger charge is -2.08. The molecule has 1 aromatic rings. The van der Waals surface area contributed by atoms with E-state index in [1.807, 2.05) is 6.92 Å². The molecule has 0 aliphatic heterocycles. The minimum absolute atomic E-state index is 0.269. The molecule has 1 rings (SSSR count). The van der Waals surface area contributed by atoms with Crippen molar-refractivity contribution in [2.75, 3.05) is 6.54 Å². The molecule has 0 atom stereocenters. The van der Waals surface area contributed by atoms with Crippen LogP contribution in [0.15, 0.2) is 12.1 Å². The van der Waals surface area contributed by atoms with E-state index < -0.39 is 23.1 Å². The molecule has 17 heavy (non-hydrogen) atoms. The SMILES string of the molecule is CCCCCNC(=O)c1c(F)ccc(C)c1F. The number of hydrogen-bond acceptors (Lipinski definition) is 1. The van der Waals surface area contributed by atoms with Gasteiger partial charge in [0.1, 0.15) is 17.2 Å². The molecule has 1 N–H and O–H groups in total. The number of rotatable bonds is 5. The van der Waals surface area contributed by atoms with Crippen molar-refractivity contribution in [3.8, 4) is 0 Å². The van der Waals surface area contributed by atoms with Crippen LogP contribution in [0.5, 0.6) is 0 Å². The zero-order valence-corrected chi connectivity index (χ0v) is 10.1. The van der Waals surface area contributed by atoms with Crippen molar-refractivity contribution >= 4 is 5.91 Å². The summed E-state index contributed by atoms with van der Waals surface area (Å²) in [6.07, 6.45) is 2.83. The lowest BCUT2D eigenvalue weighted by molar-refractivity contribution is 0.0944. The summed E-state index contributed by atoms with van der Waals surface area (Å²) in [4.78, 5) is 11.6. The molecule has 0 fully saturated rings. The monoisotopic (exact) mass is 241 g/mol. The Bertz CT molecular complexity index is 405. The first kappa shape index (κ1) is 13.6. The molecule has 0 aromatic heterocycles. The highest BCUT2D eigenvalue weighted by atomic mass is 19.1. The summed E-state index contributed by atoms with van der Waals surface area (Å²) in [6.45, 7) is 3.99. The molecule has 4 heteroatoms. The number of nitrogens with one attached hydrogen (secondary N) is 1. The van der Waals surface area contributed by atoms with Crippen molar-refractivity contribution in [1.29, 1.82) is 0 Å². The second kappa shape index (κ2) is 6.33. The predicted molar refractivity (Wildman–Crippen MR) is 63.0 cm³/mol. The van der Waals surface area contributed by atoms with Gasteiger partial charge in [-0.15, -0.1) is 0 Å². The minimum atomic E-state index is -0.818. The third-order valence-electron chi connectivity index (χ3n) is 2.58. The lowest BCUT2D eigenvalue weighted by atomic mass is 10.1. The Morgan fingerprint density at radius 2 is 2.00 bits per heavy atom. The molecule has 0 aliphatic carbocycles. The van der Waals surface area contributed by atoms with Crippen LogP contribution in [-0.4, -0.2) is 12.5 Å². The molecule has 94 valence electrons. The molecule has 0 saturated carbocycles. The Hall–Kier alpha value is -1.45. The van der Waals surface area contributed by atoms with Gasteiger partial charge in [-0.3, -0.25) is 4.79 Å². The molecule has 1 aromatic carbocycles. The van der Waals surface area contributed by atoms with Crippen molar-refractivity contribution in [1.82, 2.24) is 5.32 Å². The topological polar surface area (TPSA) is 29.1 Å². The number of benzene rings is 1. The lowest BCUT2D eigenvalue weighted by Crippen LogP contribution is -2.26. The van der Waals surface area contributed by atoms with Crippen LogP contribution < -0.4 is 5.32 Å². The molecular weight excluding hydrogens is 224 g/mol. The Balaban J connectivity index is 2.72. The number of carbonyl (C=O) groups is 1. The average Bonchev–Trinajstić information content (AvgIpc) is 2.30.